The summed E-state index contributed by atoms with van der Waals surface area (Å²) in [5.74, 6) is -0.210. The Hall–Kier alpha value is -1.98. The summed E-state index contributed by atoms with van der Waals surface area (Å²) < 4.78 is 0. The van der Waals surface area contributed by atoms with Crippen molar-refractivity contribution < 1.29 is 4.79 Å². The Morgan fingerprint density at radius 3 is 2.71 bits per heavy atom. The quantitative estimate of drug-likeness (QED) is 0.712. The zero-order chi connectivity index (χ0) is 14.8. The molecular formula is C15H12ClN3OS. The first-order chi connectivity index (χ1) is 10.2. The van der Waals surface area contributed by atoms with Crippen molar-refractivity contribution in [3.05, 3.63) is 53.1 Å². The molecule has 0 bridgehead atoms. The van der Waals surface area contributed by atoms with E-state index >= 15 is 0 Å². The Bertz CT molecular complexity index is 801. The zero-order valence-electron chi connectivity index (χ0n) is 11.2. The van der Waals surface area contributed by atoms with Crippen LogP contribution in [0.1, 0.15) is 10.4 Å². The number of aromatic amines is 1. The number of rotatable bonds is 3. The van der Waals surface area contributed by atoms with E-state index in [-0.39, 0.29) is 5.91 Å². The maximum atomic E-state index is 12.3. The molecule has 1 aromatic heterocycles. The van der Waals surface area contributed by atoms with Crippen molar-refractivity contribution in [2.24, 2.45) is 0 Å². The Labute approximate surface area is 130 Å². The van der Waals surface area contributed by atoms with Gasteiger partial charge in [-0.05, 0) is 30.5 Å². The van der Waals surface area contributed by atoms with Crippen molar-refractivity contribution >= 4 is 46.0 Å². The minimum atomic E-state index is -0.210. The minimum absolute atomic E-state index is 0.210. The molecule has 1 heterocycles. The molecule has 2 aromatic carbocycles. The van der Waals surface area contributed by atoms with Gasteiger partial charge in [-0.1, -0.05) is 41.6 Å². The molecule has 3 aromatic rings. The first-order valence-corrected chi connectivity index (χ1v) is 7.88. The number of thioether (sulfide) groups is 1. The third-order valence-electron chi connectivity index (χ3n) is 3.05. The zero-order valence-corrected chi connectivity index (χ0v) is 12.8. The van der Waals surface area contributed by atoms with E-state index in [0.717, 1.165) is 10.7 Å². The lowest BCUT2D eigenvalue weighted by molar-refractivity contribution is 0.102. The molecule has 106 valence electrons. The number of carbonyl (C=O) groups excluding carboxylic acids is 1. The van der Waals surface area contributed by atoms with Crippen LogP contribution in [-0.2, 0) is 0 Å². The van der Waals surface area contributed by atoms with Crippen LogP contribution >= 0.6 is 23.4 Å². The van der Waals surface area contributed by atoms with Crippen molar-refractivity contribution in [3.8, 4) is 0 Å². The van der Waals surface area contributed by atoms with E-state index in [1.165, 1.54) is 11.8 Å². The lowest BCUT2D eigenvalue weighted by Gasteiger charge is -2.07. The van der Waals surface area contributed by atoms with Gasteiger partial charge in [-0.3, -0.25) is 4.79 Å². The van der Waals surface area contributed by atoms with Crippen molar-refractivity contribution in [3.63, 3.8) is 0 Å². The lowest BCUT2D eigenvalue weighted by atomic mass is 10.2. The number of amides is 1. The van der Waals surface area contributed by atoms with Gasteiger partial charge in [0.2, 0.25) is 0 Å². The van der Waals surface area contributed by atoms with Gasteiger partial charge in [0.05, 0.1) is 16.2 Å². The molecule has 6 heteroatoms. The molecule has 1 amide bonds. The molecule has 21 heavy (non-hydrogen) atoms. The second-order valence-electron chi connectivity index (χ2n) is 4.38. The van der Waals surface area contributed by atoms with Crippen molar-refractivity contribution in [2.75, 3.05) is 11.6 Å². The topological polar surface area (TPSA) is 57.8 Å². The summed E-state index contributed by atoms with van der Waals surface area (Å²) >= 11 is 7.71. The van der Waals surface area contributed by atoms with Gasteiger partial charge in [0, 0.05) is 5.56 Å². The molecule has 0 atom stereocenters. The average molecular weight is 318 g/mol. The number of hydrogen-bond donors (Lipinski definition) is 2. The summed E-state index contributed by atoms with van der Waals surface area (Å²) in [6, 6.07) is 12.6. The fourth-order valence-electron chi connectivity index (χ4n) is 2.02. The number of anilines is 1. The van der Waals surface area contributed by atoms with Gasteiger partial charge in [0.15, 0.2) is 5.16 Å². The highest BCUT2D eigenvalue weighted by Crippen LogP contribution is 2.31. The Morgan fingerprint density at radius 2 is 2.00 bits per heavy atom. The van der Waals surface area contributed by atoms with Gasteiger partial charge in [-0.2, -0.15) is 0 Å². The summed E-state index contributed by atoms with van der Waals surface area (Å²) in [6.07, 6.45) is 1.93. The van der Waals surface area contributed by atoms with Crippen LogP contribution in [-0.4, -0.2) is 22.1 Å². The van der Waals surface area contributed by atoms with E-state index in [0.29, 0.717) is 21.8 Å². The van der Waals surface area contributed by atoms with Gasteiger partial charge in [-0.25, -0.2) is 4.98 Å². The molecule has 0 saturated heterocycles. The maximum Gasteiger partial charge on any atom is 0.255 e. The summed E-state index contributed by atoms with van der Waals surface area (Å²) in [5, 5.41) is 4.09. The molecule has 0 saturated carbocycles. The number of fused-ring (bicyclic) bond motifs is 1. The monoisotopic (exact) mass is 317 g/mol. The highest BCUT2D eigenvalue weighted by molar-refractivity contribution is 7.98. The number of imidazole rings is 1. The van der Waals surface area contributed by atoms with Crippen LogP contribution in [0.3, 0.4) is 0 Å². The van der Waals surface area contributed by atoms with Crippen LogP contribution in [0.15, 0.2) is 47.6 Å². The van der Waals surface area contributed by atoms with E-state index in [1.807, 2.05) is 30.5 Å². The van der Waals surface area contributed by atoms with Crippen LogP contribution in [0.5, 0.6) is 0 Å². The molecule has 0 radical (unpaired) electrons. The van der Waals surface area contributed by atoms with Crippen LogP contribution < -0.4 is 5.32 Å². The summed E-state index contributed by atoms with van der Waals surface area (Å²) in [5.41, 5.74) is 2.61. The number of H-pyrrole nitrogens is 1. The molecule has 0 unspecified atom stereocenters. The fourth-order valence-corrected chi connectivity index (χ4v) is 2.61. The van der Waals surface area contributed by atoms with E-state index in [9.17, 15) is 4.79 Å². The van der Waals surface area contributed by atoms with Crippen LogP contribution in [0.2, 0.25) is 5.02 Å². The average Bonchev–Trinajstić information content (AvgIpc) is 2.94. The lowest BCUT2D eigenvalue weighted by Crippen LogP contribution is -2.12. The van der Waals surface area contributed by atoms with Crippen molar-refractivity contribution in [2.45, 2.75) is 5.16 Å². The highest BCUT2D eigenvalue weighted by atomic mass is 35.5. The fraction of sp³-hybridized carbons (Fsp3) is 0.0667. The van der Waals surface area contributed by atoms with Gasteiger partial charge < -0.3 is 10.3 Å². The van der Waals surface area contributed by atoms with Crippen molar-refractivity contribution in [1.29, 1.82) is 0 Å². The van der Waals surface area contributed by atoms with Gasteiger partial charge in [0.1, 0.15) is 5.52 Å². The molecular weight excluding hydrogens is 306 g/mol. The predicted molar refractivity (Wildman–Crippen MR) is 87.3 cm³/mol. The molecule has 0 spiro atoms. The first kappa shape index (κ1) is 14.0. The third-order valence-corrected chi connectivity index (χ3v) is 3.94. The van der Waals surface area contributed by atoms with E-state index in [1.54, 1.807) is 18.2 Å². The predicted octanol–water partition coefficient (Wildman–Crippen LogP) is 4.19. The smallest absolute Gasteiger partial charge is 0.255 e. The third kappa shape index (κ3) is 2.75. The Balaban J connectivity index is 2.01. The van der Waals surface area contributed by atoms with E-state index < -0.39 is 0 Å². The number of hydrogen-bond acceptors (Lipinski definition) is 3. The molecule has 2 N–H and O–H groups in total. The summed E-state index contributed by atoms with van der Waals surface area (Å²) in [6.45, 7) is 0. The number of halogens is 1. The Morgan fingerprint density at radius 1 is 1.24 bits per heavy atom. The first-order valence-electron chi connectivity index (χ1n) is 6.27. The molecule has 3 rings (SSSR count). The molecule has 0 aliphatic carbocycles. The second kappa shape index (κ2) is 5.79. The molecule has 0 aliphatic rings. The van der Waals surface area contributed by atoms with Gasteiger partial charge in [0.25, 0.3) is 5.91 Å². The number of aromatic nitrogens is 2. The Kier molecular flexibility index (Phi) is 3.86. The van der Waals surface area contributed by atoms with E-state index in [4.69, 9.17) is 11.6 Å². The van der Waals surface area contributed by atoms with E-state index in [2.05, 4.69) is 15.3 Å². The largest absolute Gasteiger partial charge is 0.333 e. The van der Waals surface area contributed by atoms with Crippen LogP contribution in [0.4, 0.5) is 5.69 Å². The summed E-state index contributed by atoms with van der Waals surface area (Å²) in [4.78, 5) is 19.9. The normalized spacial score (nSPS) is 10.8. The summed E-state index contributed by atoms with van der Waals surface area (Å²) in [7, 11) is 0. The van der Waals surface area contributed by atoms with Gasteiger partial charge >= 0.3 is 0 Å². The van der Waals surface area contributed by atoms with Crippen LogP contribution in [0.25, 0.3) is 11.0 Å². The number of nitrogens with zero attached hydrogens (tertiary/aromatic N) is 1. The van der Waals surface area contributed by atoms with Crippen LogP contribution in [0, 0.1) is 0 Å². The standard InChI is InChI=1S/C15H12ClN3OS/c1-21-15-17-11-8-7-10(16)12(13(11)19-15)18-14(20)9-5-3-2-4-6-9/h2-8H,1H3,(H,17,19)(H,18,20). The molecule has 4 nitrogen and oxygen atoms in total. The maximum absolute atomic E-state index is 12.3. The second-order valence-corrected chi connectivity index (χ2v) is 5.59. The molecule has 0 fully saturated rings. The van der Waals surface area contributed by atoms with Gasteiger partial charge in [-0.15, -0.1) is 0 Å². The number of carbonyl (C=O) groups is 1. The highest BCUT2D eigenvalue weighted by Gasteiger charge is 2.14. The molecule has 0 aliphatic heterocycles. The van der Waals surface area contributed by atoms with Crippen molar-refractivity contribution in [1.82, 2.24) is 9.97 Å². The number of benzene rings is 2. The SMILES string of the molecule is CSc1nc2c(NC(=O)c3ccccc3)c(Cl)ccc2[nH]1. The minimum Gasteiger partial charge on any atom is -0.333 e. The number of nitrogens with one attached hydrogen (secondary N) is 2.